The number of aromatic nitrogens is 4. The van der Waals surface area contributed by atoms with E-state index >= 15 is 0 Å². The van der Waals surface area contributed by atoms with E-state index in [4.69, 9.17) is 0 Å². The molecule has 3 heterocycles. The fraction of sp³-hybridized carbons (Fsp3) is 0.238. The molecule has 0 saturated carbocycles. The van der Waals surface area contributed by atoms with Crippen LogP contribution in [-0.4, -0.2) is 56.9 Å². The Balaban J connectivity index is 1.35. The first kappa shape index (κ1) is 16.7. The summed E-state index contributed by atoms with van der Waals surface area (Å²) >= 11 is 0. The number of carbonyl (C=O) groups is 1. The summed E-state index contributed by atoms with van der Waals surface area (Å²) in [7, 11) is 0. The van der Waals surface area contributed by atoms with Crippen LogP contribution in [0.1, 0.15) is 15.9 Å². The molecule has 1 aliphatic heterocycles. The smallest absolute Gasteiger partial charge is 0.254 e. The molecule has 2 aromatic carbocycles. The third-order valence-corrected chi connectivity index (χ3v) is 5.38. The number of piperazine rings is 1. The molecule has 0 unspecified atom stereocenters. The predicted molar refractivity (Wildman–Crippen MR) is 108 cm³/mol. The number of anilines is 1. The van der Waals surface area contributed by atoms with Crippen LogP contribution in [0.4, 0.5) is 5.82 Å². The molecule has 0 aliphatic carbocycles. The highest BCUT2D eigenvalue weighted by molar-refractivity contribution is 5.97. The summed E-state index contributed by atoms with van der Waals surface area (Å²) in [4.78, 5) is 33.3. The number of H-pyrrole nitrogens is 1. The molecule has 4 aromatic rings. The van der Waals surface area contributed by atoms with E-state index in [1.54, 1.807) is 12.7 Å². The number of imidazole rings is 1. The van der Waals surface area contributed by atoms with Crippen molar-refractivity contribution in [2.24, 2.45) is 0 Å². The lowest BCUT2D eigenvalue weighted by atomic mass is 10.1. The van der Waals surface area contributed by atoms with E-state index in [1.165, 1.54) is 0 Å². The molecule has 1 saturated heterocycles. The second-order valence-electron chi connectivity index (χ2n) is 7.08. The van der Waals surface area contributed by atoms with Gasteiger partial charge in [-0.3, -0.25) is 4.79 Å². The first-order chi connectivity index (χ1) is 13.7. The largest absolute Gasteiger partial charge is 0.352 e. The molecule has 0 bridgehead atoms. The van der Waals surface area contributed by atoms with Gasteiger partial charge in [0.1, 0.15) is 12.1 Å². The van der Waals surface area contributed by atoms with Gasteiger partial charge >= 0.3 is 0 Å². The number of aromatic amines is 1. The summed E-state index contributed by atoms with van der Waals surface area (Å²) in [6, 6.07) is 11.8. The molecule has 28 heavy (non-hydrogen) atoms. The molecule has 140 valence electrons. The van der Waals surface area contributed by atoms with Crippen LogP contribution in [0.15, 0.2) is 49.1 Å². The fourth-order valence-electron chi connectivity index (χ4n) is 3.85. The van der Waals surface area contributed by atoms with E-state index in [0.29, 0.717) is 18.7 Å². The Bertz CT molecular complexity index is 1180. The number of nitrogens with one attached hydrogen (secondary N) is 1. The van der Waals surface area contributed by atoms with Gasteiger partial charge in [0.2, 0.25) is 0 Å². The lowest BCUT2D eigenvalue weighted by Crippen LogP contribution is -2.49. The number of rotatable bonds is 2. The Morgan fingerprint density at radius 3 is 2.75 bits per heavy atom. The number of benzene rings is 2. The molecule has 2 aromatic heterocycles. The minimum absolute atomic E-state index is 0.0551. The number of nitrogens with zero attached hydrogens (tertiary/aromatic N) is 5. The van der Waals surface area contributed by atoms with Crippen LogP contribution in [0.3, 0.4) is 0 Å². The minimum atomic E-state index is 0.0551. The standard InChI is InChI=1S/C21H20N6O/c1-14-3-2-4-16-19(14)24-13-25-20(16)26-7-9-27(10-8-26)21(28)15-5-6-17-18(11-15)23-12-22-17/h2-6,11-13H,7-10H2,1H3,(H,22,23). The first-order valence-corrected chi connectivity index (χ1v) is 9.38. The molecule has 1 amide bonds. The van der Waals surface area contributed by atoms with Crippen LogP contribution in [0.25, 0.3) is 21.9 Å². The van der Waals surface area contributed by atoms with Crippen LogP contribution in [-0.2, 0) is 0 Å². The average Bonchev–Trinajstić information content (AvgIpc) is 3.21. The van der Waals surface area contributed by atoms with Crippen molar-refractivity contribution in [1.82, 2.24) is 24.8 Å². The third kappa shape index (κ3) is 2.76. The van der Waals surface area contributed by atoms with Gasteiger partial charge in [0, 0.05) is 37.1 Å². The number of amides is 1. The second kappa shape index (κ2) is 6.60. The predicted octanol–water partition coefficient (Wildman–Crippen LogP) is 2.78. The number of para-hydroxylation sites is 1. The van der Waals surface area contributed by atoms with Gasteiger partial charge in [-0.15, -0.1) is 0 Å². The van der Waals surface area contributed by atoms with E-state index in [-0.39, 0.29) is 5.91 Å². The van der Waals surface area contributed by atoms with E-state index in [1.807, 2.05) is 29.2 Å². The lowest BCUT2D eigenvalue weighted by molar-refractivity contribution is 0.0747. The van der Waals surface area contributed by atoms with Crippen LogP contribution in [0.2, 0.25) is 0 Å². The molecule has 0 atom stereocenters. The van der Waals surface area contributed by atoms with Gasteiger partial charge < -0.3 is 14.8 Å². The number of hydrogen-bond donors (Lipinski definition) is 1. The number of hydrogen-bond acceptors (Lipinski definition) is 5. The van der Waals surface area contributed by atoms with E-state index < -0.39 is 0 Å². The lowest BCUT2D eigenvalue weighted by Gasteiger charge is -2.35. The van der Waals surface area contributed by atoms with Crippen molar-refractivity contribution in [3.05, 3.63) is 60.2 Å². The van der Waals surface area contributed by atoms with Crippen LogP contribution >= 0.6 is 0 Å². The monoisotopic (exact) mass is 372 g/mol. The third-order valence-electron chi connectivity index (χ3n) is 5.38. The van der Waals surface area contributed by atoms with Gasteiger partial charge in [-0.25, -0.2) is 15.0 Å². The zero-order valence-corrected chi connectivity index (χ0v) is 15.6. The van der Waals surface area contributed by atoms with Gasteiger partial charge in [-0.05, 0) is 36.8 Å². The van der Waals surface area contributed by atoms with Crippen molar-refractivity contribution in [1.29, 1.82) is 0 Å². The van der Waals surface area contributed by atoms with E-state index in [9.17, 15) is 4.79 Å². The molecular formula is C21H20N6O. The van der Waals surface area contributed by atoms with Crippen molar-refractivity contribution in [3.63, 3.8) is 0 Å². The second-order valence-corrected chi connectivity index (χ2v) is 7.08. The minimum Gasteiger partial charge on any atom is -0.352 e. The zero-order chi connectivity index (χ0) is 19.1. The molecular weight excluding hydrogens is 352 g/mol. The molecule has 1 aliphatic rings. The first-order valence-electron chi connectivity index (χ1n) is 9.38. The zero-order valence-electron chi connectivity index (χ0n) is 15.6. The Labute approximate surface area is 162 Å². The van der Waals surface area contributed by atoms with Crippen molar-refractivity contribution in [2.75, 3.05) is 31.1 Å². The highest BCUT2D eigenvalue weighted by atomic mass is 16.2. The SMILES string of the molecule is Cc1cccc2c(N3CCN(C(=O)c4ccc5nc[nH]c5c4)CC3)ncnc12. The van der Waals surface area contributed by atoms with Crippen molar-refractivity contribution in [3.8, 4) is 0 Å². The van der Waals surface area contributed by atoms with Gasteiger partial charge in [-0.1, -0.05) is 12.1 Å². The molecule has 0 radical (unpaired) electrons. The quantitative estimate of drug-likeness (QED) is 0.585. The highest BCUT2D eigenvalue weighted by Crippen LogP contribution is 2.26. The highest BCUT2D eigenvalue weighted by Gasteiger charge is 2.24. The summed E-state index contributed by atoms with van der Waals surface area (Å²) < 4.78 is 0. The van der Waals surface area contributed by atoms with Gasteiger partial charge in [0.05, 0.1) is 22.9 Å². The van der Waals surface area contributed by atoms with Gasteiger partial charge in [0.25, 0.3) is 5.91 Å². The molecule has 1 fully saturated rings. The van der Waals surface area contributed by atoms with Crippen molar-refractivity contribution >= 4 is 33.7 Å². The molecule has 7 nitrogen and oxygen atoms in total. The maximum atomic E-state index is 12.9. The average molecular weight is 372 g/mol. The van der Waals surface area contributed by atoms with E-state index in [2.05, 4.69) is 43.9 Å². The van der Waals surface area contributed by atoms with Gasteiger partial charge in [-0.2, -0.15) is 0 Å². The summed E-state index contributed by atoms with van der Waals surface area (Å²) in [5, 5.41) is 1.06. The van der Waals surface area contributed by atoms with Crippen molar-refractivity contribution < 1.29 is 4.79 Å². The molecule has 7 heteroatoms. The number of fused-ring (bicyclic) bond motifs is 2. The topological polar surface area (TPSA) is 78.0 Å². The Hall–Kier alpha value is -3.48. The van der Waals surface area contributed by atoms with Crippen molar-refractivity contribution in [2.45, 2.75) is 6.92 Å². The van der Waals surface area contributed by atoms with Crippen LogP contribution < -0.4 is 4.90 Å². The number of aryl methyl sites for hydroxylation is 1. The molecule has 1 N–H and O–H groups in total. The normalized spacial score (nSPS) is 14.8. The van der Waals surface area contributed by atoms with Crippen LogP contribution in [0.5, 0.6) is 0 Å². The van der Waals surface area contributed by atoms with Crippen LogP contribution in [0, 0.1) is 6.92 Å². The summed E-state index contributed by atoms with van der Waals surface area (Å²) in [6.45, 7) is 4.89. The Kier molecular flexibility index (Phi) is 3.93. The molecule has 5 rings (SSSR count). The summed E-state index contributed by atoms with van der Waals surface area (Å²) in [6.07, 6.45) is 3.27. The molecule has 0 spiro atoms. The van der Waals surface area contributed by atoms with E-state index in [0.717, 1.165) is 46.4 Å². The maximum absolute atomic E-state index is 12.9. The Morgan fingerprint density at radius 1 is 1.04 bits per heavy atom. The Morgan fingerprint density at radius 2 is 1.89 bits per heavy atom. The van der Waals surface area contributed by atoms with Gasteiger partial charge in [0.15, 0.2) is 0 Å². The number of carbonyl (C=O) groups excluding carboxylic acids is 1. The fourth-order valence-corrected chi connectivity index (χ4v) is 3.85. The maximum Gasteiger partial charge on any atom is 0.254 e. The summed E-state index contributed by atoms with van der Waals surface area (Å²) in [5.41, 5.74) is 4.57. The summed E-state index contributed by atoms with van der Waals surface area (Å²) in [5.74, 6) is 0.999.